The molecule has 0 atom stereocenters. The maximum absolute atomic E-state index is 13.7. The van der Waals surface area contributed by atoms with Gasteiger partial charge in [-0.05, 0) is 42.0 Å². The van der Waals surface area contributed by atoms with Gasteiger partial charge in [0.2, 0.25) is 0 Å². The summed E-state index contributed by atoms with van der Waals surface area (Å²) >= 11 is 0.887. The van der Waals surface area contributed by atoms with Crippen molar-refractivity contribution in [2.24, 2.45) is 0 Å². The second-order valence-electron chi connectivity index (χ2n) is 5.22. The molecule has 3 nitrogen and oxygen atoms in total. The molecule has 3 rings (SSSR count). The minimum absolute atomic E-state index is 0.0531. The molecule has 1 heterocycles. The summed E-state index contributed by atoms with van der Waals surface area (Å²) in [5.41, 5.74) is 2.24. The standard InChI is InChI=1S/C18H14FNO2S/c1-12-6-2-3-7-13(12)10-16-17(21)20(18(22)23-16)11-14-8-4-5-9-15(14)19/h2-10H,11H2,1H3. The maximum atomic E-state index is 13.7. The number of aryl methyl sites for hydroxylation is 1. The van der Waals surface area contributed by atoms with E-state index < -0.39 is 5.82 Å². The van der Waals surface area contributed by atoms with Crippen molar-refractivity contribution in [3.05, 3.63) is 75.9 Å². The van der Waals surface area contributed by atoms with Crippen LogP contribution >= 0.6 is 11.8 Å². The van der Waals surface area contributed by atoms with E-state index in [1.54, 1.807) is 24.3 Å². The molecule has 0 bridgehead atoms. The Morgan fingerprint density at radius 3 is 2.52 bits per heavy atom. The van der Waals surface area contributed by atoms with Crippen LogP contribution in [0.15, 0.2) is 53.4 Å². The third kappa shape index (κ3) is 3.19. The monoisotopic (exact) mass is 327 g/mol. The fraction of sp³-hybridized carbons (Fsp3) is 0.111. The molecule has 2 aromatic rings. The molecule has 2 aromatic carbocycles. The van der Waals surface area contributed by atoms with E-state index in [0.717, 1.165) is 27.8 Å². The number of rotatable bonds is 3. The normalized spacial score (nSPS) is 16.4. The zero-order valence-corrected chi connectivity index (χ0v) is 13.3. The third-order valence-corrected chi connectivity index (χ3v) is 4.54. The number of halogens is 1. The van der Waals surface area contributed by atoms with E-state index in [-0.39, 0.29) is 17.7 Å². The number of thioether (sulfide) groups is 1. The van der Waals surface area contributed by atoms with Crippen molar-refractivity contribution in [1.82, 2.24) is 4.90 Å². The predicted octanol–water partition coefficient (Wildman–Crippen LogP) is 4.37. The Morgan fingerprint density at radius 1 is 1.09 bits per heavy atom. The Labute approximate surface area is 137 Å². The molecule has 23 heavy (non-hydrogen) atoms. The highest BCUT2D eigenvalue weighted by Crippen LogP contribution is 2.33. The molecule has 5 heteroatoms. The van der Waals surface area contributed by atoms with Gasteiger partial charge in [-0.1, -0.05) is 42.5 Å². The zero-order chi connectivity index (χ0) is 16.4. The number of benzene rings is 2. The SMILES string of the molecule is Cc1ccccc1C=C1SC(=O)N(Cc2ccccc2F)C1=O. The van der Waals surface area contributed by atoms with E-state index in [2.05, 4.69) is 0 Å². The predicted molar refractivity (Wildman–Crippen MR) is 89.1 cm³/mol. The number of carbonyl (C=O) groups excluding carboxylic acids is 2. The van der Waals surface area contributed by atoms with Crippen LogP contribution in [0.4, 0.5) is 9.18 Å². The Hall–Kier alpha value is -2.40. The molecular weight excluding hydrogens is 313 g/mol. The van der Waals surface area contributed by atoms with Gasteiger partial charge in [0.05, 0.1) is 11.4 Å². The lowest BCUT2D eigenvalue weighted by Crippen LogP contribution is -2.27. The molecule has 0 radical (unpaired) electrons. The average Bonchev–Trinajstić information content (AvgIpc) is 2.79. The maximum Gasteiger partial charge on any atom is 0.293 e. The van der Waals surface area contributed by atoms with E-state index >= 15 is 0 Å². The zero-order valence-electron chi connectivity index (χ0n) is 12.5. The fourth-order valence-electron chi connectivity index (χ4n) is 2.32. The molecule has 2 amide bonds. The highest BCUT2D eigenvalue weighted by Gasteiger charge is 2.35. The first-order valence-electron chi connectivity index (χ1n) is 7.10. The summed E-state index contributed by atoms with van der Waals surface area (Å²) in [6.07, 6.45) is 1.71. The topological polar surface area (TPSA) is 37.4 Å². The van der Waals surface area contributed by atoms with Gasteiger partial charge in [-0.3, -0.25) is 14.5 Å². The number of hydrogen-bond donors (Lipinski definition) is 0. The molecule has 0 N–H and O–H groups in total. The van der Waals surface area contributed by atoms with E-state index in [9.17, 15) is 14.0 Å². The van der Waals surface area contributed by atoms with Gasteiger partial charge < -0.3 is 0 Å². The Morgan fingerprint density at radius 2 is 1.78 bits per heavy atom. The Kier molecular flexibility index (Phi) is 4.30. The summed E-state index contributed by atoms with van der Waals surface area (Å²) in [6, 6.07) is 13.8. The van der Waals surface area contributed by atoms with Crippen molar-refractivity contribution in [1.29, 1.82) is 0 Å². The molecule has 1 saturated heterocycles. The van der Waals surface area contributed by atoms with Gasteiger partial charge in [0.15, 0.2) is 0 Å². The average molecular weight is 327 g/mol. The molecule has 116 valence electrons. The lowest BCUT2D eigenvalue weighted by Gasteiger charge is -2.12. The van der Waals surface area contributed by atoms with Gasteiger partial charge in [0, 0.05) is 5.56 Å². The number of nitrogens with zero attached hydrogens (tertiary/aromatic N) is 1. The number of hydrogen-bond acceptors (Lipinski definition) is 3. The van der Waals surface area contributed by atoms with Crippen LogP contribution in [-0.2, 0) is 11.3 Å². The van der Waals surface area contributed by atoms with Crippen molar-refractivity contribution < 1.29 is 14.0 Å². The van der Waals surface area contributed by atoms with Crippen molar-refractivity contribution in [3.8, 4) is 0 Å². The fourth-order valence-corrected chi connectivity index (χ4v) is 3.15. The summed E-state index contributed by atoms with van der Waals surface area (Å²) in [4.78, 5) is 26.0. The van der Waals surface area contributed by atoms with Gasteiger partial charge in [0.1, 0.15) is 5.82 Å². The lowest BCUT2D eigenvalue weighted by molar-refractivity contribution is -0.123. The first-order chi connectivity index (χ1) is 11.1. The van der Waals surface area contributed by atoms with Gasteiger partial charge in [-0.2, -0.15) is 0 Å². The Bertz CT molecular complexity index is 816. The number of imide groups is 1. The van der Waals surface area contributed by atoms with Crippen LogP contribution in [0, 0.1) is 12.7 Å². The van der Waals surface area contributed by atoms with E-state index in [4.69, 9.17) is 0 Å². The number of amides is 2. The summed E-state index contributed by atoms with van der Waals surface area (Å²) in [6.45, 7) is 1.89. The van der Waals surface area contributed by atoms with E-state index in [1.807, 2.05) is 31.2 Å². The van der Waals surface area contributed by atoms with Crippen LogP contribution in [0.25, 0.3) is 6.08 Å². The Balaban J connectivity index is 1.86. The van der Waals surface area contributed by atoms with Gasteiger partial charge in [0.25, 0.3) is 11.1 Å². The summed E-state index contributed by atoms with van der Waals surface area (Å²) in [5.74, 6) is -0.805. The molecule has 0 spiro atoms. The number of carbonyl (C=O) groups is 2. The minimum Gasteiger partial charge on any atom is -0.268 e. The summed E-state index contributed by atoms with van der Waals surface area (Å²) < 4.78 is 13.7. The van der Waals surface area contributed by atoms with Crippen LogP contribution < -0.4 is 0 Å². The molecule has 0 aliphatic carbocycles. The molecule has 1 aliphatic rings. The van der Waals surface area contributed by atoms with Crippen LogP contribution in [0.1, 0.15) is 16.7 Å². The minimum atomic E-state index is -0.422. The quantitative estimate of drug-likeness (QED) is 0.786. The highest BCUT2D eigenvalue weighted by atomic mass is 32.2. The van der Waals surface area contributed by atoms with E-state index in [1.165, 1.54) is 6.07 Å². The first kappa shape index (κ1) is 15.5. The van der Waals surface area contributed by atoms with Crippen molar-refractivity contribution in [2.75, 3.05) is 0 Å². The lowest BCUT2D eigenvalue weighted by atomic mass is 10.1. The molecule has 0 unspecified atom stereocenters. The van der Waals surface area contributed by atoms with Gasteiger partial charge in [-0.15, -0.1) is 0 Å². The van der Waals surface area contributed by atoms with Crippen LogP contribution in [0.3, 0.4) is 0 Å². The smallest absolute Gasteiger partial charge is 0.268 e. The van der Waals surface area contributed by atoms with Gasteiger partial charge >= 0.3 is 0 Å². The van der Waals surface area contributed by atoms with Crippen LogP contribution in [0.5, 0.6) is 0 Å². The van der Waals surface area contributed by atoms with E-state index in [0.29, 0.717) is 10.5 Å². The molecule has 1 aliphatic heterocycles. The largest absolute Gasteiger partial charge is 0.293 e. The second kappa shape index (κ2) is 6.38. The van der Waals surface area contributed by atoms with Crippen molar-refractivity contribution in [3.63, 3.8) is 0 Å². The molecular formula is C18H14FNO2S. The third-order valence-electron chi connectivity index (χ3n) is 3.63. The second-order valence-corrected chi connectivity index (χ2v) is 6.21. The van der Waals surface area contributed by atoms with Crippen LogP contribution in [-0.4, -0.2) is 16.0 Å². The molecule has 0 aromatic heterocycles. The molecule has 0 saturated carbocycles. The van der Waals surface area contributed by atoms with Crippen molar-refractivity contribution >= 4 is 29.0 Å². The van der Waals surface area contributed by atoms with Crippen LogP contribution in [0.2, 0.25) is 0 Å². The van der Waals surface area contributed by atoms with Gasteiger partial charge in [-0.25, -0.2) is 4.39 Å². The first-order valence-corrected chi connectivity index (χ1v) is 7.92. The summed E-state index contributed by atoms with van der Waals surface area (Å²) in [5, 5.41) is -0.377. The van der Waals surface area contributed by atoms with Crippen molar-refractivity contribution in [2.45, 2.75) is 13.5 Å². The summed E-state index contributed by atoms with van der Waals surface area (Å²) in [7, 11) is 0. The molecule has 1 fully saturated rings. The highest BCUT2D eigenvalue weighted by molar-refractivity contribution is 8.18.